The summed E-state index contributed by atoms with van der Waals surface area (Å²) in [5, 5.41) is 0. The minimum atomic E-state index is -0.458. The topological polar surface area (TPSA) is 65.7 Å². The molecule has 2 unspecified atom stereocenters. The number of hydrogen-bond donors (Lipinski definition) is 0. The molecule has 0 aliphatic heterocycles. The summed E-state index contributed by atoms with van der Waals surface area (Å²) in [6.07, 6.45) is 41.0. The van der Waals surface area contributed by atoms with Gasteiger partial charge >= 0.3 is 11.9 Å². The van der Waals surface area contributed by atoms with Crippen molar-refractivity contribution in [3.05, 3.63) is 23.7 Å². The quantitative estimate of drug-likeness (QED) is 0.0503. The van der Waals surface area contributed by atoms with E-state index in [0.29, 0.717) is 0 Å². The molecule has 0 fully saturated rings. The first-order chi connectivity index (χ1) is 25.0. The molecule has 0 aliphatic carbocycles. The molecular weight excluding hydrogens is 633 g/mol. The van der Waals surface area contributed by atoms with Crippen molar-refractivity contribution in [1.29, 1.82) is 0 Å². The third kappa shape index (κ3) is 27.5. The highest BCUT2D eigenvalue weighted by molar-refractivity contribution is 5.91. The van der Waals surface area contributed by atoms with Gasteiger partial charge in [0, 0.05) is 0 Å². The van der Waals surface area contributed by atoms with Gasteiger partial charge in [0.05, 0.1) is 0 Å². The molecule has 1 rings (SSSR count). The molecule has 0 amide bonds. The van der Waals surface area contributed by atoms with E-state index in [2.05, 4.69) is 27.7 Å². The van der Waals surface area contributed by atoms with Crippen LogP contribution >= 0.6 is 0 Å². The Morgan fingerprint density at radius 2 is 0.608 bits per heavy atom. The minimum Gasteiger partial charge on any atom is -0.457 e. The monoisotopic (exact) mass is 717 g/mol. The van der Waals surface area contributed by atoms with E-state index in [4.69, 9.17) is 13.9 Å². The molecule has 0 aromatic carbocycles. The highest BCUT2D eigenvalue weighted by Crippen LogP contribution is 2.22. The molecule has 0 N–H and O–H groups in total. The number of esters is 2. The van der Waals surface area contributed by atoms with Gasteiger partial charge in [0.15, 0.2) is 0 Å². The summed E-state index contributed by atoms with van der Waals surface area (Å²) in [4.78, 5) is 26.5. The molecule has 51 heavy (non-hydrogen) atoms. The second-order valence-electron chi connectivity index (χ2n) is 15.6. The van der Waals surface area contributed by atoms with Crippen LogP contribution in [0.2, 0.25) is 0 Å². The van der Waals surface area contributed by atoms with Gasteiger partial charge in [-0.2, -0.15) is 0 Å². The second kappa shape index (κ2) is 35.3. The van der Waals surface area contributed by atoms with Crippen molar-refractivity contribution < 1.29 is 23.5 Å². The van der Waals surface area contributed by atoms with Gasteiger partial charge in [0.2, 0.25) is 11.5 Å². The highest BCUT2D eigenvalue weighted by Gasteiger charge is 2.23. The largest absolute Gasteiger partial charge is 0.457 e. The maximum absolute atomic E-state index is 13.2. The van der Waals surface area contributed by atoms with Gasteiger partial charge in [-0.25, -0.2) is 9.59 Å². The molecule has 2 atom stereocenters. The fourth-order valence-electron chi connectivity index (χ4n) is 7.17. The van der Waals surface area contributed by atoms with Crippen molar-refractivity contribution >= 4 is 11.9 Å². The Morgan fingerprint density at radius 3 is 0.843 bits per heavy atom. The zero-order chi connectivity index (χ0) is 37.0. The second-order valence-corrected chi connectivity index (χ2v) is 15.6. The van der Waals surface area contributed by atoms with Crippen LogP contribution in [0.3, 0.4) is 0 Å². The third-order valence-electron chi connectivity index (χ3n) is 10.6. The molecule has 0 bridgehead atoms. The van der Waals surface area contributed by atoms with Crippen molar-refractivity contribution in [3.63, 3.8) is 0 Å². The summed E-state index contributed by atoms with van der Waals surface area (Å²) in [7, 11) is 0. The van der Waals surface area contributed by atoms with Crippen LogP contribution < -0.4 is 0 Å². The lowest BCUT2D eigenvalue weighted by atomic mass is 10.0. The van der Waals surface area contributed by atoms with E-state index < -0.39 is 11.9 Å². The van der Waals surface area contributed by atoms with Crippen molar-refractivity contribution in [2.75, 3.05) is 0 Å². The first kappa shape index (κ1) is 47.2. The summed E-state index contributed by atoms with van der Waals surface area (Å²) >= 11 is 0. The van der Waals surface area contributed by atoms with E-state index in [0.717, 1.165) is 51.4 Å². The standard InChI is InChI=1S/C46H84O5/c1-5-9-13-17-21-25-29-33-37-41(35-31-27-23-19-15-11-7-3)49-45(47)43-39-40-44(51-43)46(48)50-42(36-32-28-24-20-16-12-8-4)38-34-30-26-22-18-14-10-6-2/h39-42H,5-38H2,1-4H3. The van der Waals surface area contributed by atoms with Gasteiger partial charge in [0.25, 0.3) is 0 Å². The summed E-state index contributed by atoms with van der Waals surface area (Å²) in [5.74, 6) is -0.705. The van der Waals surface area contributed by atoms with E-state index in [1.165, 1.54) is 167 Å². The number of hydrogen-bond acceptors (Lipinski definition) is 5. The maximum atomic E-state index is 13.2. The van der Waals surface area contributed by atoms with Crippen molar-refractivity contribution in [3.8, 4) is 0 Å². The lowest BCUT2D eigenvalue weighted by Gasteiger charge is -2.18. The smallest absolute Gasteiger partial charge is 0.374 e. The first-order valence-corrected chi connectivity index (χ1v) is 22.6. The lowest BCUT2D eigenvalue weighted by Crippen LogP contribution is -2.19. The lowest BCUT2D eigenvalue weighted by molar-refractivity contribution is 0.0181. The van der Waals surface area contributed by atoms with Crippen molar-refractivity contribution in [2.24, 2.45) is 0 Å². The van der Waals surface area contributed by atoms with Crippen LogP contribution in [0.4, 0.5) is 0 Å². The minimum absolute atomic E-state index is 0.105. The van der Waals surface area contributed by atoms with Crippen LogP contribution in [-0.4, -0.2) is 24.1 Å². The fraction of sp³-hybridized carbons (Fsp3) is 0.870. The zero-order valence-electron chi connectivity index (χ0n) is 34.4. The Morgan fingerprint density at radius 1 is 0.392 bits per heavy atom. The molecule has 1 aromatic heterocycles. The van der Waals surface area contributed by atoms with E-state index in [1.54, 1.807) is 12.1 Å². The Hall–Kier alpha value is -1.78. The summed E-state index contributed by atoms with van der Waals surface area (Å²) in [5.41, 5.74) is 0. The third-order valence-corrected chi connectivity index (χ3v) is 10.6. The van der Waals surface area contributed by atoms with Crippen LogP contribution in [0.1, 0.15) is 267 Å². The zero-order valence-corrected chi connectivity index (χ0v) is 34.4. The number of rotatable bonds is 38. The van der Waals surface area contributed by atoms with Crippen LogP contribution in [-0.2, 0) is 9.47 Å². The van der Waals surface area contributed by atoms with Crippen LogP contribution in [0.25, 0.3) is 0 Å². The summed E-state index contributed by atoms with van der Waals surface area (Å²) in [6, 6.07) is 3.17. The van der Waals surface area contributed by atoms with E-state index in [-0.39, 0.29) is 23.7 Å². The Kier molecular flexibility index (Phi) is 32.7. The van der Waals surface area contributed by atoms with E-state index in [9.17, 15) is 9.59 Å². The van der Waals surface area contributed by atoms with E-state index in [1.807, 2.05) is 0 Å². The normalized spacial score (nSPS) is 12.6. The first-order valence-electron chi connectivity index (χ1n) is 22.6. The molecule has 5 heteroatoms. The Labute approximate surface area is 316 Å². The molecule has 0 radical (unpaired) electrons. The number of carbonyl (C=O) groups is 2. The van der Waals surface area contributed by atoms with Gasteiger partial charge in [0.1, 0.15) is 12.2 Å². The van der Waals surface area contributed by atoms with Crippen LogP contribution in [0.5, 0.6) is 0 Å². The van der Waals surface area contributed by atoms with Crippen LogP contribution in [0, 0.1) is 0 Å². The predicted molar refractivity (Wildman–Crippen MR) is 217 cm³/mol. The average molecular weight is 717 g/mol. The molecule has 1 heterocycles. The molecular formula is C46H84O5. The Balaban J connectivity index is 2.67. The maximum Gasteiger partial charge on any atom is 0.374 e. The van der Waals surface area contributed by atoms with Gasteiger partial charge in [-0.15, -0.1) is 0 Å². The fourth-order valence-corrected chi connectivity index (χ4v) is 7.17. The van der Waals surface area contributed by atoms with E-state index >= 15 is 0 Å². The molecule has 0 saturated carbocycles. The molecule has 0 spiro atoms. The SMILES string of the molecule is CCCCCCCCCCC(CCCCCCCCC)OC(=O)c1ccc(C(=O)OC(CCCCCCCCC)CCCCCCCCCC)o1. The number of ether oxygens (including phenoxy) is 2. The van der Waals surface area contributed by atoms with Gasteiger partial charge in [-0.3, -0.25) is 0 Å². The molecule has 0 saturated heterocycles. The number of furan rings is 1. The highest BCUT2D eigenvalue weighted by atomic mass is 16.6. The Bertz CT molecular complexity index is 837. The van der Waals surface area contributed by atoms with Crippen molar-refractivity contribution in [2.45, 2.75) is 258 Å². The van der Waals surface area contributed by atoms with Gasteiger partial charge < -0.3 is 13.9 Å². The average Bonchev–Trinajstić information content (AvgIpc) is 3.64. The number of carbonyl (C=O) groups excluding carboxylic acids is 2. The molecule has 0 aliphatic rings. The number of unbranched alkanes of at least 4 members (excludes halogenated alkanes) is 26. The predicted octanol–water partition coefficient (Wildman–Crippen LogP) is 15.7. The van der Waals surface area contributed by atoms with Crippen molar-refractivity contribution in [1.82, 2.24) is 0 Å². The van der Waals surface area contributed by atoms with Crippen LogP contribution in [0.15, 0.2) is 16.5 Å². The summed E-state index contributed by atoms with van der Waals surface area (Å²) in [6.45, 7) is 9.02. The van der Waals surface area contributed by atoms with Gasteiger partial charge in [-0.1, -0.05) is 195 Å². The van der Waals surface area contributed by atoms with Gasteiger partial charge in [-0.05, 0) is 63.5 Å². The summed E-state index contributed by atoms with van der Waals surface area (Å²) < 4.78 is 17.9. The molecule has 298 valence electrons. The molecule has 1 aromatic rings. The molecule has 5 nitrogen and oxygen atoms in total.